The molecule has 0 saturated carbocycles. The van der Waals surface area contributed by atoms with Crippen molar-refractivity contribution in [1.82, 2.24) is 4.72 Å². The molecule has 114 valence electrons. The fourth-order valence-electron chi connectivity index (χ4n) is 2.13. The third-order valence-electron chi connectivity index (χ3n) is 3.43. The van der Waals surface area contributed by atoms with E-state index in [1.54, 1.807) is 6.07 Å². The normalized spacial score (nSPS) is 14.2. The lowest BCUT2D eigenvalue weighted by atomic mass is 9.95. The molecule has 1 N–H and O–H groups in total. The zero-order chi connectivity index (χ0) is 15.5. The Morgan fingerprint density at radius 1 is 1.00 bits per heavy atom. The molecule has 0 rings (SSSR count). The van der Waals surface area contributed by atoms with Crippen molar-refractivity contribution in [3.63, 3.8) is 0 Å². The molecule has 0 radical (unpaired) electrons. The summed E-state index contributed by atoms with van der Waals surface area (Å²) in [4.78, 5) is 0. The Balaban J connectivity index is 5.02. The molecule has 0 fully saturated rings. The lowest BCUT2D eigenvalue weighted by molar-refractivity contribution is 0.475. The first-order chi connectivity index (χ1) is 9.49. The number of nitrogens with zero attached hydrogens (tertiary/aromatic N) is 2. The molecule has 20 heavy (non-hydrogen) atoms. The number of nitrogens with one attached hydrogen (secondary N) is 1. The number of rotatable bonds is 11. The van der Waals surface area contributed by atoms with Crippen LogP contribution in [0.5, 0.6) is 0 Å². The lowest BCUT2D eigenvalue weighted by Gasteiger charge is -2.26. The van der Waals surface area contributed by atoms with Crippen molar-refractivity contribution in [2.75, 3.05) is 6.54 Å². The Bertz CT molecular complexity index is 448. The average molecular weight is 299 g/mol. The van der Waals surface area contributed by atoms with Gasteiger partial charge < -0.3 is 0 Å². The summed E-state index contributed by atoms with van der Waals surface area (Å²) in [7, 11) is -3.79. The fraction of sp³-hybridized carbons (Fsp3) is 0.857. The van der Waals surface area contributed by atoms with E-state index in [2.05, 4.69) is 11.6 Å². The molecule has 6 heteroatoms. The van der Waals surface area contributed by atoms with Crippen molar-refractivity contribution in [2.45, 2.75) is 70.0 Å². The molecule has 0 aliphatic carbocycles. The topological polar surface area (TPSA) is 93.8 Å². The molecule has 0 spiro atoms. The van der Waals surface area contributed by atoms with Crippen LogP contribution in [-0.4, -0.2) is 19.7 Å². The average Bonchev–Trinajstić information content (AvgIpc) is 2.44. The Kier molecular flexibility index (Phi) is 9.20. The molecule has 0 aromatic carbocycles. The van der Waals surface area contributed by atoms with Gasteiger partial charge in [-0.3, -0.25) is 0 Å². The summed E-state index contributed by atoms with van der Waals surface area (Å²) in [5.41, 5.74) is 0. The van der Waals surface area contributed by atoms with Gasteiger partial charge in [-0.25, -0.2) is 8.42 Å². The minimum absolute atomic E-state index is 0.285. The number of nitriles is 2. The number of hydrogen-bond donors (Lipinski definition) is 1. The van der Waals surface area contributed by atoms with Gasteiger partial charge in [0.2, 0.25) is 10.0 Å². The molecular weight excluding hydrogens is 274 g/mol. The van der Waals surface area contributed by atoms with E-state index in [9.17, 15) is 13.7 Å². The third-order valence-corrected chi connectivity index (χ3v) is 5.48. The summed E-state index contributed by atoms with van der Waals surface area (Å²) in [5.74, 6) is 0. The summed E-state index contributed by atoms with van der Waals surface area (Å²) < 4.78 is 25.5. The number of hydrogen-bond acceptors (Lipinski definition) is 4. The molecule has 0 bridgehead atoms. The van der Waals surface area contributed by atoms with Gasteiger partial charge in [0, 0.05) is 0 Å². The van der Waals surface area contributed by atoms with Gasteiger partial charge in [0.15, 0.2) is 4.75 Å². The van der Waals surface area contributed by atoms with E-state index in [1.165, 1.54) is 0 Å². The molecule has 0 aromatic rings. The Morgan fingerprint density at radius 3 is 2.10 bits per heavy atom. The summed E-state index contributed by atoms with van der Waals surface area (Å²) in [5, 5.41) is 18.0. The highest BCUT2D eigenvalue weighted by atomic mass is 32.2. The van der Waals surface area contributed by atoms with Crippen molar-refractivity contribution in [1.29, 1.82) is 10.5 Å². The van der Waals surface area contributed by atoms with Crippen LogP contribution in [0.25, 0.3) is 0 Å². The van der Waals surface area contributed by atoms with Crippen molar-refractivity contribution < 1.29 is 8.42 Å². The summed E-state index contributed by atoms with van der Waals surface area (Å²) in [6, 6.07) is 3.77. The van der Waals surface area contributed by atoms with E-state index in [0.29, 0.717) is 19.3 Å². The highest BCUT2D eigenvalue weighted by Crippen LogP contribution is 2.29. The molecule has 1 atom stereocenters. The molecule has 5 nitrogen and oxygen atoms in total. The molecule has 0 heterocycles. The van der Waals surface area contributed by atoms with Crippen molar-refractivity contribution >= 4 is 10.0 Å². The van der Waals surface area contributed by atoms with Crippen LogP contribution in [0.1, 0.15) is 65.2 Å². The second-order valence-corrected chi connectivity index (χ2v) is 7.08. The molecule has 0 saturated heterocycles. The van der Waals surface area contributed by atoms with Crippen LogP contribution in [0.15, 0.2) is 0 Å². The van der Waals surface area contributed by atoms with E-state index < -0.39 is 14.8 Å². The Labute approximate surface area is 123 Å². The molecule has 0 amide bonds. The van der Waals surface area contributed by atoms with Crippen molar-refractivity contribution in [3.05, 3.63) is 0 Å². The Hall–Kier alpha value is -1.11. The highest BCUT2D eigenvalue weighted by Gasteiger charge is 2.42. The lowest BCUT2D eigenvalue weighted by Crippen LogP contribution is -2.45. The van der Waals surface area contributed by atoms with Crippen LogP contribution in [0.2, 0.25) is 0 Å². The summed E-state index contributed by atoms with van der Waals surface area (Å²) >= 11 is 0. The second-order valence-electron chi connectivity index (χ2n) is 5.00. The van der Waals surface area contributed by atoms with E-state index in [0.717, 1.165) is 32.1 Å². The Morgan fingerprint density at radius 2 is 1.60 bits per heavy atom. The first kappa shape index (κ1) is 18.9. The van der Waals surface area contributed by atoms with Crippen LogP contribution >= 0.6 is 0 Å². The van der Waals surface area contributed by atoms with E-state index in [-0.39, 0.29) is 6.54 Å². The van der Waals surface area contributed by atoms with Gasteiger partial charge in [-0.15, -0.1) is 0 Å². The molecule has 0 aromatic heterocycles. The maximum atomic E-state index is 12.3. The van der Waals surface area contributed by atoms with Gasteiger partial charge >= 0.3 is 0 Å². The maximum absolute atomic E-state index is 12.3. The van der Waals surface area contributed by atoms with Gasteiger partial charge in [-0.1, -0.05) is 52.4 Å². The van der Waals surface area contributed by atoms with Crippen LogP contribution in [0, 0.1) is 22.7 Å². The van der Waals surface area contributed by atoms with Gasteiger partial charge in [0.1, 0.15) is 0 Å². The fourth-order valence-corrected chi connectivity index (χ4v) is 3.61. The standard InChI is InChI=1S/C14H25N3O2S/c1-3-5-7-8-10-14(13-16,9-6-4-2)20(18,19)17-12-11-15/h17H,3-10,12H2,1-2H3. The minimum Gasteiger partial charge on any atom is -0.211 e. The second kappa shape index (κ2) is 9.74. The molecule has 1 unspecified atom stereocenters. The zero-order valence-corrected chi connectivity index (χ0v) is 13.3. The van der Waals surface area contributed by atoms with E-state index >= 15 is 0 Å². The number of unbranched alkanes of at least 4 members (excludes halogenated alkanes) is 4. The summed E-state index contributed by atoms with van der Waals surface area (Å²) in [6.45, 7) is 3.77. The minimum atomic E-state index is -3.79. The van der Waals surface area contributed by atoms with E-state index in [1.807, 2.05) is 13.0 Å². The smallest absolute Gasteiger partial charge is 0.211 e. The quantitative estimate of drug-likeness (QED) is 0.469. The molecule has 0 aliphatic heterocycles. The molecule has 0 aliphatic rings. The first-order valence-electron chi connectivity index (χ1n) is 7.27. The molecular formula is C14H25N3O2S. The monoisotopic (exact) mass is 299 g/mol. The first-order valence-corrected chi connectivity index (χ1v) is 8.75. The van der Waals surface area contributed by atoms with Crippen LogP contribution in [0.4, 0.5) is 0 Å². The van der Waals surface area contributed by atoms with Gasteiger partial charge in [-0.05, 0) is 12.8 Å². The van der Waals surface area contributed by atoms with E-state index in [4.69, 9.17) is 5.26 Å². The van der Waals surface area contributed by atoms with Crippen molar-refractivity contribution in [3.8, 4) is 12.1 Å². The van der Waals surface area contributed by atoms with Gasteiger partial charge in [0.05, 0.1) is 18.7 Å². The third kappa shape index (κ3) is 5.48. The van der Waals surface area contributed by atoms with Gasteiger partial charge in [-0.2, -0.15) is 15.2 Å². The summed E-state index contributed by atoms with van der Waals surface area (Å²) in [6.07, 6.45) is 5.95. The van der Waals surface area contributed by atoms with Crippen LogP contribution in [-0.2, 0) is 10.0 Å². The van der Waals surface area contributed by atoms with Gasteiger partial charge in [0.25, 0.3) is 0 Å². The largest absolute Gasteiger partial charge is 0.231 e. The maximum Gasteiger partial charge on any atom is 0.231 e. The van der Waals surface area contributed by atoms with Crippen LogP contribution in [0.3, 0.4) is 0 Å². The highest BCUT2D eigenvalue weighted by molar-refractivity contribution is 7.91. The van der Waals surface area contributed by atoms with Crippen molar-refractivity contribution in [2.24, 2.45) is 0 Å². The predicted molar refractivity (Wildman–Crippen MR) is 79.2 cm³/mol. The zero-order valence-electron chi connectivity index (χ0n) is 12.5. The predicted octanol–water partition coefficient (Wildman–Crippen LogP) is 2.85. The van der Waals surface area contributed by atoms with Crippen LogP contribution < -0.4 is 4.72 Å². The SMILES string of the molecule is CCCCCCC(C#N)(CCCC)S(=O)(=O)NCC#N. The number of sulfonamides is 1.